The number of rotatable bonds is 3. The molecule has 1 amide bonds. The maximum atomic E-state index is 9.95. The molecule has 0 aliphatic carbocycles. The molecule has 0 unspecified atom stereocenters. The van der Waals surface area contributed by atoms with E-state index in [4.69, 9.17) is 0 Å². The van der Waals surface area contributed by atoms with Gasteiger partial charge in [-0.25, -0.2) is 0 Å². The summed E-state index contributed by atoms with van der Waals surface area (Å²) >= 11 is 0. The maximum Gasteiger partial charge on any atom is 0.238 e. The highest BCUT2D eigenvalue weighted by atomic mass is 16.3. The minimum absolute atomic E-state index is 0.122. The lowest BCUT2D eigenvalue weighted by atomic mass is 10.6. The Hall–Kier alpha value is -1.13. The maximum absolute atomic E-state index is 9.95. The van der Waals surface area contributed by atoms with Crippen molar-refractivity contribution in [1.82, 2.24) is 5.01 Å². The van der Waals surface area contributed by atoms with Crippen LogP contribution in [0.25, 0.3) is 0 Å². The van der Waals surface area contributed by atoms with Gasteiger partial charge in [0.15, 0.2) is 0 Å². The summed E-state index contributed by atoms with van der Waals surface area (Å²) in [6.45, 7) is -0.122. The highest BCUT2D eigenvalue weighted by Crippen LogP contribution is 1.76. The number of nitroso groups, excluding NO2 is 1. The lowest BCUT2D eigenvalue weighted by molar-refractivity contribution is -0.118. The van der Waals surface area contributed by atoms with E-state index >= 15 is 0 Å². The van der Waals surface area contributed by atoms with E-state index in [0.717, 1.165) is 5.01 Å². The molecule has 5 nitrogen and oxygen atoms in total. The second kappa shape index (κ2) is 2.95. The minimum Gasteiger partial charge on any atom is -0.368 e. The molecular formula is C3H7N3O2. The summed E-state index contributed by atoms with van der Waals surface area (Å²) < 4.78 is 0. The van der Waals surface area contributed by atoms with Crippen molar-refractivity contribution in [2.45, 2.75) is 0 Å². The number of likely N-dealkylation sites (N-methyl/N-ethyl adjacent to an activating group) is 1. The van der Waals surface area contributed by atoms with Gasteiger partial charge < -0.3 is 5.73 Å². The summed E-state index contributed by atoms with van der Waals surface area (Å²) in [6, 6.07) is 0. The molecule has 0 spiro atoms. The fraction of sp³-hybridized carbons (Fsp3) is 0.667. The van der Waals surface area contributed by atoms with Gasteiger partial charge in [-0.05, 0) is 0 Å². The highest BCUT2D eigenvalue weighted by molar-refractivity contribution is 5.75. The quantitative estimate of drug-likeness (QED) is 0.384. The number of primary amides is 1. The van der Waals surface area contributed by atoms with Crippen LogP contribution in [0, 0.1) is 4.91 Å². The molecule has 0 saturated carbocycles. The molecule has 0 atom stereocenters. The third kappa shape index (κ3) is 3.08. The molecule has 0 heterocycles. The molecule has 0 fully saturated rings. The minimum atomic E-state index is -0.563. The molecule has 0 rings (SSSR count). The van der Waals surface area contributed by atoms with E-state index in [1.165, 1.54) is 7.05 Å². The Balaban J connectivity index is 3.38. The van der Waals surface area contributed by atoms with E-state index in [0.29, 0.717) is 0 Å². The number of carbonyl (C=O) groups is 1. The summed E-state index contributed by atoms with van der Waals surface area (Å²) in [5.41, 5.74) is 4.69. The SMILES string of the molecule is CN(CC(N)=O)N=O. The molecule has 5 heteroatoms. The molecule has 0 aromatic carbocycles. The van der Waals surface area contributed by atoms with Crippen LogP contribution in [0.2, 0.25) is 0 Å². The molecular weight excluding hydrogens is 110 g/mol. The lowest BCUT2D eigenvalue weighted by Crippen LogP contribution is -2.26. The van der Waals surface area contributed by atoms with Crippen molar-refractivity contribution in [3.8, 4) is 0 Å². The number of hydrogen-bond donors (Lipinski definition) is 1. The first-order chi connectivity index (χ1) is 3.66. The predicted octanol–water partition coefficient (Wildman–Crippen LogP) is -0.915. The van der Waals surface area contributed by atoms with Crippen molar-refractivity contribution in [2.75, 3.05) is 13.6 Å². The van der Waals surface area contributed by atoms with Crippen LogP contribution in [0.1, 0.15) is 0 Å². The summed E-state index contributed by atoms with van der Waals surface area (Å²) in [5, 5.41) is 3.33. The second-order valence-electron chi connectivity index (χ2n) is 1.36. The molecule has 0 saturated heterocycles. The van der Waals surface area contributed by atoms with Gasteiger partial charge in [-0.15, -0.1) is 4.91 Å². The Morgan fingerprint density at radius 1 is 1.88 bits per heavy atom. The average Bonchev–Trinajstić information content (AvgIpc) is 1.65. The van der Waals surface area contributed by atoms with Crippen molar-refractivity contribution in [3.63, 3.8) is 0 Å². The van der Waals surface area contributed by atoms with E-state index in [9.17, 15) is 9.70 Å². The van der Waals surface area contributed by atoms with Gasteiger partial charge in [-0.1, -0.05) is 0 Å². The topological polar surface area (TPSA) is 75.8 Å². The van der Waals surface area contributed by atoms with Gasteiger partial charge in [0, 0.05) is 7.05 Å². The lowest BCUT2D eigenvalue weighted by Gasteiger charge is -2.01. The second-order valence-corrected chi connectivity index (χ2v) is 1.36. The van der Waals surface area contributed by atoms with E-state index in [-0.39, 0.29) is 6.54 Å². The fourth-order valence-electron chi connectivity index (χ4n) is 0.254. The van der Waals surface area contributed by atoms with Crippen LogP contribution in [0.15, 0.2) is 5.29 Å². The van der Waals surface area contributed by atoms with Crippen molar-refractivity contribution < 1.29 is 4.79 Å². The van der Waals surface area contributed by atoms with Crippen LogP contribution >= 0.6 is 0 Å². The zero-order chi connectivity index (χ0) is 6.57. The summed E-state index contributed by atoms with van der Waals surface area (Å²) in [4.78, 5) is 19.5. The van der Waals surface area contributed by atoms with Crippen LogP contribution in [-0.2, 0) is 4.79 Å². The molecule has 46 valence electrons. The third-order valence-electron chi connectivity index (χ3n) is 0.524. The molecule has 0 aromatic heterocycles. The molecule has 0 aliphatic heterocycles. The standard InChI is InChI=1S/C3H7N3O2/c1-6(5-8)2-3(4)7/h2H2,1H3,(H2,4,7). The molecule has 2 N–H and O–H groups in total. The van der Waals surface area contributed by atoms with Crippen molar-refractivity contribution in [3.05, 3.63) is 4.91 Å². The highest BCUT2D eigenvalue weighted by Gasteiger charge is 1.96. The number of amides is 1. The zero-order valence-corrected chi connectivity index (χ0v) is 4.50. The molecule has 0 radical (unpaired) electrons. The Bertz CT molecular complexity index is 103. The van der Waals surface area contributed by atoms with Gasteiger partial charge in [0.25, 0.3) is 0 Å². The molecule has 0 bridgehead atoms. The van der Waals surface area contributed by atoms with Gasteiger partial charge in [-0.3, -0.25) is 9.80 Å². The molecule has 0 aromatic rings. The summed E-state index contributed by atoms with van der Waals surface area (Å²) in [5.74, 6) is -0.563. The van der Waals surface area contributed by atoms with Gasteiger partial charge in [0.1, 0.15) is 6.54 Å². The van der Waals surface area contributed by atoms with Crippen molar-refractivity contribution in [1.29, 1.82) is 0 Å². The number of hydrogen-bond acceptors (Lipinski definition) is 3. The van der Waals surface area contributed by atoms with E-state index in [1.807, 2.05) is 0 Å². The van der Waals surface area contributed by atoms with E-state index in [1.54, 1.807) is 0 Å². The average molecular weight is 117 g/mol. The Kier molecular flexibility index (Phi) is 2.53. The van der Waals surface area contributed by atoms with Crippen LogP contribution in [0.5, 0.6) is 0 Å². The number of nitrogens with zero attached hydrogens (tertiary/aromatic N) is 2. The Labute approximate surface area is 46.4 Å². The number of nitrogens with two attached hydrogens (primary N) is 1. The van der Waals surface area contributed by atoms with Gasteiger partial charge >= 0.3 is 0 Å². The summed E-state index contributed by atoms with van der Waals surface area (Å²) in [7, 11) is 1.37. The Morgan fingerprint density at radius 2 is 2.38 bits per heavy atom. The predicted molar refractivity (Wildman–Crippen MR) is 27.6 cm³/mol. The van der Waals surface area contributed by atoms with Crippen LogP contribution < -0.4 is 5.73 Å². The molecule has 0 aliphatic rings. The largest absolute Gasteiger partial charge is 0.368 e. The van der Waals surface area contributed by atoms with Gasteiger partial charge in [-0.2, -0.15) is 0 Å². The number of carbonyl (C=O) groups excluding carboxylic acids is 1. The van der Waals surface area contributed by atoms with Crippen LogP contribution in [0.3, 0.4) is 0 Å². The van der Waals surface area contributed by atoms with Gasteiger partial charge in [0.05, 0.1) is 5.29 Å². The van der Waals surface area contributed by atoms with Gasteiger partial charge in [0.2, 0.25) is 5.91 Å². The smallest absolute Gasteiger partial charge is 0.238 e. The molecule has 8 heavy (non-hydrogen) atoms. The summed E-state index contributed by atoms with van der Waals surface area (Å²) in [6.07, 6.45) is 0. The van der Waals surface area contributed by atoms with Crippen LogP contribution in [-0.4, -0.2) is 24.5 Å². The first-order valence-corrected chi connectivity index (χ1v) is 1.99. The van der Waals surface area contributed by atoms with E-state index < -0.39 is 5.91 Å². The fourth-order valence-corrected chi connectivity index (χ4v) is 0.254. The zero-order valence-electron chi connectivity index (χ0n) is 4.50. The van der Waals surface area contributed by atoms with Crippen molar-refractivity contribution in [2.24, 2.45) is 11.0 Å². The first-order valence-electron chi connectivity index (χ1n) is 1.99. The Morgan fingerprint density at radius 3 is 2.50 bits per heavy atom. The van der Waals surface area contributed by atoms with E-state index in [2.05, 4.69) is 11.0 Å². The normalized spacial score (nSPS) is 8.12. The van der Waals surface area contributed by atoms with Crippen LogP contribution in [0.4, 0.5) is 0 Å². The first kappa shape index (κ1) is 6.87. The third-order valence-corrected chi connectivity index (χ3v) is 0.524. The monoisotopic (exact) mass is 117 g/mol. The van der Waals surface area contributed by atoms with Crippen molar-refractivity contribution >= 4 is 5.91 Å².